The average Bonchev–Trinajstić information content (AvgIpc) is 3.06. The van der Waals surface area contributed by atoms with Crippen molar-refractivity contribution in [3.05, 3.63) is 53.9 Å². The lowest BCUT2D eigenvalue weighted by Crippen LogP contribution is -2.38. The molecule has 1 heterocycles. The lowest BCUT2D eigenvalue weighted by Gasteiger charge is -2.07. The van der Waals surface area contributed by atoms with E-state index in [1.807, 2.05) is 24.4 Å². The van der Waals surface area contributed by atoms with E-state index >= 15 is 0 Å². The Balaban J connectivity index is 1.79. The lowest BCUT2D eigenvalue weighted by atomic mass is 10.1. The maximum atomic E-state index is 12.0. The first-order chi connectivity index (χ1) is 11.2. The van der Waals surface area contributed by atoms with E-state index < -0.39 is 0 Å². The Kier molecular flexibility index (Phi) is 6.31. The number of carbonyl (C=O) groups excluding carboxylic acids is 2. The molecule has 0 aliphatic heterocycles. The molecule has 23 heavy (non-hydrogen) atoms. The highest BCUT2D eigenvalue weighted by molar-refractivity contribution is 5.96. The zero-order valence-corrected chi connectivity index (χ0v) is 13.0. The Morgan fingerprint density at radius 1 is 1.22 bits per heavy atom. The maximum Gasteiger partial charge on any atom is 0.251 e. The third-order valence-corrected chi connectivity index (χ3v) is 3.16. The van der Waals surface area contributed by atoms with Crippen molar-refractivity contribution in [3.8, 4) is 0 Å². The minimum atomic E-state index is -0.280. The molecular weight excluding hydrogens is 296 g/mol. The van der Waals surface area contributed by atoms with Crippen LogP contribution in [0, 0.1) is 0 Å². The molecule has 0 saturated carbocycles. The summed E-state index contributed by atoms with van der Waals surface area (Å²) in [5.74, 6) is -0.525. The van der Waals surface area contributed by atoms with Gasteiger partial charge in [-0.25, -0.2) is 0 Å². The van der Waals surface area contributed by atoms with Crippen LogP contribution in [0.3, 0.4) is 0 Å². The molecular formula is C16H20N4O3. The second-order valence-electron chi connectivity index (χ2n) is 4.93. The number of nitrogens with one attached hydrogen (secondary N) is 2. The van der Waals surface area contributed by atoms with Gasteiger partial charge in [0.2, 0.25) is 5.91 Å². The van der Waals surface area contributed by atoms with Gasteiger partial charge in [0.1, 0.15) is 0 Å². The molecule has 0 aliphatic carbocycles. The second-order valence-corrected chi connectivity index (χ2v) is 4.93. The zero-order valence-electron chi connectivity index (χ0n) is 13.0. The Morgan fingerprint density at radius 3 is 2.65 bits per heavy atom. The van der Waals surface area contributed by atoms with Crippen LogP contribution in [0.2, 0.25) is 0 Å². The van der Waals surface area contributed by atoms with Crippen molar-refractivity contribution in [2.75, 3.05) is 26.8 Å². The number of aromatic nitrogens is 2. The Morgan fingerprint density at radius 2 is 2.00 bits per heavy atom. The minimum Gasteiger partial charge on any atom is -0.383 e. The normalized spacial score (nSPS) is 10.3. The molecule has 0 fully saturated rings. The van der Waals surface area contributed by atoms with Crippen LogP contribution in [0.1, 0.15) is 15.9 Å². The fourth-order valence-corrected chi connectivity index (χ4v) is 1.96. The predicted molar refractivity (Wildman–Crippen MR) is 85.0 cm³/mol. The van der Waals surface area contributed by atoms with Gasteiger partial charge in [-0.1, -0.05) is 12.1 Å². The maximum absolute atomic E-state index is 12.0. The molecule has 0 radical (unpaired) electrons. The summed E-state index contributed by atoms with van der Waals surface area (Å²) in [6.45, 7) is 1.46. The average molecular weight is 316 g/mol. The van der Waals surface area contributed by atoms with E-state index in [1.54, 1.807) is 30.1 Å². The van der Waals surface area contributed by atoms with Gasteiger partial charge >= 0.3 is 0 Å². The van der Waals surface area contributed by atoms with E-state index in [2.05, 4.69) is 15.7 Å². The summed E-state index contributed by atoms with van der Waals surface area (Å²) in [4.78, 5) is 23.5. The van der Waals surface area contributed by atoms with E-state index in [1.165, 1.54) is 0 Å². The number of hydrogen-bond donors (Lipinski definition) is 2. The summed E-state index contributed by atoms with van der Waals surface area (Å²) in [6, 6.07) is 9.07. The molecule has 0 atom stereocenters. The van der Waals surface area contributed by atoms with Gasteiger partial charge in [-0.05, 0) is 23.8 Å². The number of benzene rings is 1. The van der Waals surface area contributed by atoms with Crippen LogP contribution in [0.4, 0.5) is 0 Å². The lowest BCUT2D eigenvalue weighted by molar-refractivity contribution is -0.120. The smallest absolute Gasteiger partial charge is 0.251 e. The summed E-state index contributed by atoms with van der Waals surface area (Å²) < 4.78 is 6.63. The van der Waals surface area contributed by atoms with Gasteiger partial charge in [0, 0.05) is 31.6 Å². The third-order valence-electron chi connectivity index (χ3n) is 3.16. The van der Waals surface area contributed by atoms with Gasteiger partial charge in [0.25, 0.3) is 5.91 Å². The number of rotatable bonds is 8. The van der Waals surface area contributed by atoms with Gasteiger partial charge in [0.15, 0.2) is 0 Å². The zero-order chi connectivity index (χ0) is 16.5. The fourth-order valence-electron chi connectivity index (χ4n) is 1.96. The van der Waals surface area contributed by atoms with Gasteiger partial charge < -0.3 is 15.4 Å². The molecule has 1 aromatic carbocycles. The quantitative estimate of drug-likeness (QED) is 0.691. The van der Waals surface area contributed by atoms with Crippen molar-refractivity contribution < 1.29 is 14.3 Å². The van der Waals surface area contributed by atoms with Crippen LogP contribution in [0.25, 0.3) is 0 Å². The molecule has 2 aromatic rings. The van der Waals surface area contributed by atoms with Crippen LogP contribution in [-0.4, -0.2) is 48.4 Å². The largest absolute Gasteiger partial charge is 0.383 e. The standard InChI is InChI=1S/C16H20N4O3/c1-23-10-8-17-15(21)11-18-16(22)14-5-3-13(4-6-14)12-20-9-2-7-19-20/h2-7,9H,8,10-12H2,1H3,(H,17,21)(H,18,22). The summed E-state index contributed by atoms with van der Waals surface area (Å²) in [5.41, 5.74) is 1.56. The molecule has 7 heteroatoms. The topological polar surface area (TPSA) is 85.3 Å². The van der Waals surface area contributed by atoms with E-state index in [0.29, 0.717) is 25.3 Å². The molecule has 0 aliphatic rings. The molecule has 1 aromatic heterocycles. The highest BCUT2D eigenvalue weighted by Gasteiger charge is 2.08. The number of carbonyl (C=O) groups is 2. The summed E-state index contributed by atoms with van der Waals surface area (Å²) in [7, 11) is 1.56. The molecule has 7 nitrogen and oxygen atoms in total. The molecule has 2 N–H and O–H groups in total. The molecule has 122 valence electrons. The fraction of sp³-hybridized carbons (Fsp3) is 0.312. The van der Waals surface area contributed by atoms with Gasteiger partial charge in [0.05, 0.1) is 19.7 Å². The summed E-state index contributed by atoms with van der Waals surface area (Å²) >= 11 is 0. The van der Waals surface area contributed by atoms with Gasteiger partial charge in [-0.15, -0.1) is 0 Å². The van der Waals surface area contributed by atoms with Gasteiger partial charge in [-0.2, -0.15) is 5.10 Å². The summed E-state index contributed by atoms with van der Waals surface area (Å²) in [6.07, 6.45) is 3.60. The molecule has 2 amide bonds. The minimum absolute atomic E-state index is 0.0580. The summed E-state index contributed by atoms with van der Waals surface area (Å²) in [5, 5.41) is 9.35. The first-order valence-corrected chi connectivity index (χ1v) is 7.29. The molecule has 0 bridgehead atoms. The van der Waals surface area contributed by atoms with Crippen LogP contribution in [0.15, 0.2) is 42.7 Å². The van der Waals surface area contributed by atoms with Crippen LogP contribution in [-0.2, 0) is 16.1 Å². The third kappa shape index (κ3) is 5.55. The van der Waals surface area contributed by atoms with Crippen LogP contribution < -0.4 is 10.6 Å². The molecule has 0 unspecified atom stereocenters. The van der Waals surface area contributed by atoms with Crippen molar-refractivity contribution in [2.24, 2.45) is 0 Å². The number of methoxy groups -OCH3 is 1. The first kappa shape index (κ1) is 16.7. The van der Waals surface area contributed by atoms with Crippen molar-refractivity contribution in [1.29, 1.82) is 0 Å². The number of amides is 2. The highest BCUT2D eigenvalue weighted by Crippen LogP contribution is 2.06. The van der Waals surface area contributed by atoms with E-state index in [9.17, 15) is 9.59 Å². The Labute approximate surface area is 134 Å². The number of hydrogen-bond acceptors (Lipinski definition) is 4. The van der Waals surface area contributed by atoms with Crippen molar-refractivity contribution in [3.63, 3.8) is 0 Å². The Bertz CT molecular complexity index is 623. The molecule has 0 saturated heterocycles. The molecule has 2 rings (SSSR count). The second kappa shape index (κ2) is 8.70. The predicted octanol–water partition coefficient (Wildman–Crippen LogP) is 0.424. The van der Waals surface area contributed by atoms with Crippen LogP contribution in [0.5, 0.6) is 0 Å². The monoisotopic (exact) mass is 316 g/mol. The van der Waals surface area contributed by atoms with E-state index in [-0.39, 0.29) is 18.4 Å². The molecule has 0 spiro atoms. The van der Waals surface area contributed by atoms with Gasteiger partial charge in [-0.3, -0.25) is 14.3 Å². The SMILES string of the molecule is COCCNC(=O)CNC(=O)c1ccc(Cn2cccn2)cc1. The first-order valence-electron chi connectivity index (χ1n) is 7.29. The highest BCUT2D eigenvalue weighted by atomic mass is 16.5. The van der Waals surface area contributed by atoms with E-state index in [4.69, 9.17) is 4.74 Å². The van der Waals surface area contributed by atoms with E-state index in [0.717, 1.165) is 5.56 Å². The number of ether oxygens (including phenoxy) is 1. The van der Waals surface area contributed by atoms with Crippen molar-refractivity contribution in [2.45, 2.75) is 6.54 Å². The number of nitrogens with zero attached hydrogens (tertiary/aromatic N) is 2. The Hall–Kier alpha value is -2.67. The van der Waals surface area contributed by atoms with Crippen LogP contribution >= 0.6 is 0 Å². The van der Waals surface area contributed by atoms with Crippen molar-refractivity contribution >= 4 is 11.8 Å². The van der Waals surface area contributed by atoms with Crippen molar-refractivity contribution in [1.82, 2.24) is 20.4 Å².